The van der Waals surface area contributed by atoms with E-state index in [1.807, 2.05) is 11.5 Å². The Morgan fingerprint density at radius 1 is 1.37 bits per heavy atom. The maximum atomic E-state index is 12.9. The maximum absolute atomic E-state index is 12.9. The van der Waals surface area contributed by atoms with E-state index >= 15 is 0 Å². The molecule has 102 valence electrons. The van der Waals surface area contributed by atoms with Gasteiger partial charge in [0, 0.05) is 17.5 Å². The third kappa shape index (κ3) is 2.18. The quantitative estimate of drug-likeness (QED) is 0.787. The highest BCUT2D eigenvalue weighted by molar-refractivity contribution is 7.99. The number of rotatable bonds is 0. The van der Waals surface area contributed by atoms with E-state index in [9.17, 15) is 13.2 Å². The summed E-state index contributed by atoms with van der Waals surface area (Å²) in [4.78, 5) is 0.324. The van der Waals surface area contributed by atoms with Gasteiger partial charge in [0.05, 0.1) is 15.8 Å². The number of nitrogens with one attached hydrogen (secondary N) is 1. The van der Waals surface area contributed by atoms with E-state index in [-0.39, 0.29) is 0 Å². The molecule has 0 fully saturated rings. The SMILES string of the molecule is CC1Cn2c(=N)sc3cc(C(F)(F)F)cc(c32)CS1. The van der Waals surface area contributed by atoms with Gasteiger partial charge in [0.1, 0.15) is 0 Å². The van der Waals surface area contributed by atoms with E-state index in [2.05, 4.69) is 0 Å². The van der Waals surface area contributed by atoms with Crippen molar-refractivity contribution in [3.63, 3.8) is 0 Å². The Labute approximate surface area is 115 Å². The molecule has 1 unspecified atom stereocenters. The zero-order chi connectivity index (χ0) is 13.8. The molecule has 1 aliphatic rings. The molecule has 0 saturated heterocycles. The van der Waals surface area contributed by atoms with Gasteiger partial charge in [0.2, 0.25) is 0 Å². The smallest absolute Gasteiger partial charge is 0.316 e. The number of halogens is 3. The molecular weight excluding hydrogens is 293 g/mol. The number of alkyl halides is 3. The molecule has 1 atom stereocenters. The number of nitrogens with zero attached hydrogens (tertiary/aromatic N) is 1. The molecule has 2 heterocycles. The van der Waals surface area contributed by atoms with E-state index in [1.165, 1.54) is 12.1 Å². The summed E-state index contributed by atoms with van der Waals surface area (Å²) in [6.45, 7) is 2.72. The minimum atomic E-state index is -4.33. The summed E-state index contributed by atoms with van der Waals surface area (Å²) >= 11 is 2.75. The van der Waals surface area contributed by atoms with E-state index in [1.54, 1.807) is 11.8 Å². The Hall–Kier alpha value is -0.950. The van der Waals surface area contributed by atoms with Crippen LogP contribution in [-0.4, -0.2) is 9.82 Å². The van der Waals surface area contributed by atoms with Crippen molar-refractivity contribution in [2.24, 2.45) is 0 Å². The van der Waals surface area contributed by atoms with Crippen LogP contribution in [-0.2, 0) is 18.5 Å². The first-order chi connectivity index (χ1) is 8.86. The van der Waals surface area contributed by atoms with Gasteiger partial charge in [-0.25, -0.2) is 0 Å². The lowest BCUT2D eigenvalue weighted by Gasteiger charge is -2.09. The normalized spacial score (nSPS) is 19.7. The van der Waals surface area contributed by atoms with Crippen LogP contribution in [0.5, 0.6) is 0 Å². The zero-order valence-electron chi connectivity index (χ0n) is 10.0. The van der Waals surface area contributed by atoms with Crippen molar-refractivity contribution in [3.8, 4) is 0 Å². The van der Waals surface area contributed by atoms with Crippen LogP contribution in [0.4, 0.5) is 13.2 Å². The molecule has 0 amide bonds. The third-order valence-electron chi connectivity index (χ3n) is 3.17. The topological polar surface area (TPSA) is 28.8 Å². The number of hydrogen-bond donors (Lipinski definition) is 1. The van der Waals surface area contributed by atoms with Crippen molar-refractivity contribution in [3.05, 3.63) is 28.1 Å². The fourth-order valence-corrected chi connectivity index (χ4v) is 4.25. The lowest BCUT2D eigenvalue weighted by atomic mass is 10.1. The lowest BCUT2D eigenvalue weighted by Crippen LogP contribution is -2.17. The maximum Gasteiger partial charge on any atom is 0.416 e. The minimum absolute atomic E-state index is 0.300. The highest BCUT2D eigenvalue weighted by atomic mass is 32.2. The van der Waals surface area contributed by atoms with E-state index in [4.69, 9.17) is 5.41 Å². The summed E-state index contributed by atoms with van der Waals surface area (Å²) in [6, 6.07) is 2.40. The van der Waals surface area contributed by atoms with Crippen molar-refractivity contribution in [1.29, 1.82) is 5.41 Å². The minimum Gasteiger partial charge on any atom is -0.316 e. The lowest BCUT2D eigenvalue weighted by molar-refractivity contribution is -0.137. The predicted octanol–water partition coefficient (Wildman–Crippen LogP) is 3.84. The second kappa shape index (κ2) is 4.28. The molecule has 0 saturated carbocycles. The third-order valence-corrected chi connectivity index (χ3v) is 5.31. The largest absolute Gasteiger partial charge is 0.416 e. The highest BCUT2D eigenvalue weighted by Gasteiger charge is 2.32. The van der Waals surface area contributed by atoms with Crippen LogP contribution in [0.25, 0.3) is 10.2 Å². The van der Waals surface area contributed by atoms with E-state index in [0.29, 0.717) is 32.6 Å². The number of benzene rings is 1. The Morgan fingerprint density at radius 3 is 2.79 bits per heavy atom. The Morgan fingerprint density at radius 2 is 2.11 bits per heavy atom. The second-order valence-corrected chi connectivity index (χ2v) is 7.08. The van der Waals surface area contributed by atoms with Crippen LogP contribution in [0.15, 0.2) is 12.1 Å². The van der Waals surface area contributed by atoms with Gasteiger partial charge >= 0.3 is 6.18 Å². The molecule has 0 bridgehead atoms. The second-order valence-electron chi connectivity index (χ2n) is 4.62. The number of thiazole rings is 1. The van der Waals surface area contributed by atoms with Gasteiger partial charge in [-0.3, -0.25) is 5.41 Å². The predicted molar refractivity (Wildman–Crippen MR) is 71.4 cm³/mol. The van der Waals surface area contributed by atoms with Crippen molar-refractivity contribution in [2.75, 3.05) is 0 Å². The number of thioether (sulfide) groups is 1. The number of hydrogen-bond acceptors (Lipinski definition) is 3. The summed E-state index contributed by atoms with van der Waals surface area (Å²) < 4.78 is 41.0. The van der Waals surface area contributed by atoms with Gasteiger partial charge < -0.3 is 4.57 Å². The Kier molecular flexibility index (Phi) is 2.94. The molecule has 7 heteroatoms. The van der Waals surface area contributed by atoms with Gasteiger partial charge in [0.25, 0.3) is 0 Å². The van der Waals surface area contributed by atoms with Crippen LogP contribution < -0.4 is 4.80 Å². The van der Waals surface area contributed by atoms with Crippen LogP contribution in [0, 0.1) is 5.41 Å². The molecule has 19 heavy (non-hydrogen) atoms. The first-order valence-electron chi connectivity index (χ1n) is 5.76. The summed E-state index contributed by atoms with van der Waals surface area (Å²) in [6.07, 6.45) is -4.33. The number of aromatic nitrogens is 1. The molecule has 2 aromatic rings. The van der Waals surface area contributed by atoms with Crippen molar-refractivity contribution in [2.45, 2.75) is 30.6 Å². The van der Waals surface area contributed by atoms with Crippen LogP contribution in [0.2, 0.25) is 0 Å². The molecule has 0 aliphatic carbocycles. The molecule has 3 rings (SSSR count). The van der Waals surface area contributed by atoms with Gasteiger partial charge in [-0.05, 0) is 17.7 Å². The molecule has 1 N–H and O–H groups in total. The van der Waals surface area contributed by atoms with Gasteiger partial charge in [0.15, 0.2) is 4.80 Å². The van der Waals surface area contributed by atoms with Crippen LogP contribution >= 0.6 is 23.1 Å². The molecule has 0 spiro atoms. The average Bonchev–Trinajstić information content (AvgIpc) is 2.52. The van der Waals surface area contributed by atoms with Crippen LogP contribution in [0.1, 0.15) is 18.1 Å². The van der Waals surface area contributed by atoms with Crippen molar-refractivity contribution < 1.29 is 13.2 Å². The molecule has 0 radical (unpaired) electrons. The summed E-state index contributed by atoms with van der Waals surface area (Å²) in [5.41, 5.74) is 0.882. The first-order valence-corrected chi connectivity index (χ1v) is 7.62. The molecule has 1 aromatic heterocycles. The van der Waals surface area contributed by atoms with E-state index in [0.717, 1.165) is 16.9 Å². The van der Waals surface area contributed by atoms with Gasteiger partial charge in [-0.2, -0.15) is 24.9 Å². The van der Waals surface area contributed by atoms with Gasteiger partial charge in [-0.1, -0.05) is 18.3 Å². The summed E-state index contributed by atoms with van der Waals surface area (Å²) in [5.74, 6) is 0.567. The molecular formula is C12H11F3N2S2. The molecule has 1 aromatic carbocycles. The molecule has 2 nitrogen and oxygen atoms in total. The summed E-state index contributed by atoms with van der Waals surface area (Å²) in [5, 5.41) is 8.23. The highest BCUT2D eigenvalue weighted by Crippen LogP contribution is 2.37. The standard InChI is InChI=1S/C12H11F3N2S2/c1-6-4-17-10-7(5-18-6)2-8(12(13,14)15)3-9(10)19-11(17)16/h2-3,6,16H,4-5H2,1H3. The van der Waals surface area contributed by atoms with Crippen molar-refractivity contribution >= 4 is 33.3 Å². The van der Waals surface area contributed by atoms with Crippen LogP contribution in [0.3, 0.4) is 0 Å². The Balaban J connectivity index is 2.32. The molecule has 1 aliphatic heterocycles. The Bertz CT molecular complexity index is 699. The van der Waals surface area contributed by atoms with E-state index < -0.39 is 11.7 Å². The first kappa shape index (κ1) is 13.1. The van der Waals surface area contributed by atoms with Crippen molar-refractivity contribution in [1.82, 2.24) is 4.57 Å². The van der Waals surface area contributed by atoms with Gasteiger partial charge in [-0.15, -0.1) is 0 Å². The zero-order valence-corrected chi connectivity index (χ0v) is 11.7. The average molecular weight is 304 g/mol. The fourth-order valence-electron chi connectivity index (χ4n) is 2.30. The fraction of sp³-hybridized carbons (Fsp3) is 0.417. The summed E-state index contributed by atoms with van der Waals surface area (Å²) in [7, 11) is 0. The monoisotopic (exact) mass is 304 g/mol.